The van der Waals surface area contributed by atoms with Gasteiger partial charge >= 0.3 is 5.97 Å². The lowest BCUT2D eigenvalue weighted by Crippen LogP contribution is -2.23. The number of benzene rings is 1. The number of carboxylic acids is 1. The molecule has 0 spiro atoms. The minimum Gasteiger partial charge on any atom is -0.481 e. The number of anilines is 1. The normalized spacial score (nSPS) is 11.9. The summed E-state index contributed by atoms with van der Waals surface area (Å²) in [5.74, 6) is -2.44. The van der Waals surface area contributed by atoms with Gasteiger partial charge in [0, 0.05) is 16.5 Å². The molecule has 98 valence electrons. The van der Waals surface area contributed by atoms with Crippen molar-refractivity contribution < 1.29 is 18.9 Å². The maximum atomic E-state index is 11.5. The Morgan fingerprint density at radius 2 is 1.94 bits per heavy atom. The monoisotopic (exact) mass is 269 g/mol. The highest BCUT2D eigenvalue weighted by Crippen LogP contribution is 2.15. The van der Waals surface area contributed by atoms with E-state index in [2.05, 4.69) is 5.32 Å². The van der Waals surface area contributed by atoms with Crippen LogP contribution in [0.2, 0.25) is 0 Å². The molecular formula is C12H15NO4S. The molecule has 0 aliphatic rings. The minimum atomic E-state index is -1.68. The number of amides is 1. The van der Waals surface area contributed by atoms with Crippen molar-refractivity contribution in [3.63, 3.8) is 0 Å². The van der Waals surface area contributed by atoms with Crippen LogP contribution in [0.4, 0.5) is 5.69 Å². The van der Waals surface area contributed by atoms with Crippen LogP contribution < -0.4 is 5.32 Å². The molecule has 1 rings (SSSR count). The molecule has 0 fully saturated rings. The summed E-state index contributed by atoms with van der Waals surface area (Å²) in [7, 11) is -1.68. The second-order valence-corrected chi connectivity index (χ2v) is 5.45. The van der Waals surface area contributed by atoms with Crippen LogP contribution in [0.25, 0.3) is 0 Å². The number of rotatable bonds is 5. The van der Waals surface area contributed by atoms with Crippen LogP contribution in [0, 0.1) is 13.8 Å². The van der Waals surface area contributed by atoms with Gasteiger partial charge in [-0.2, -0.15) is 0 Å². The van der Waals surface area contributed by atoms with Crippen LogP contribution in [0.1, 0.15) is 11.1 Å². The van der Waals surface area contributed by atoms with Crippen molar-refractivity contribution >= 4 is 28.4 Å². The van der Waals surface area contributed by atoms with Gasteiger partial charge in [-0.05, 0) is 25.5 Å². The average Bonchev–Trinajstić information content (AvgIpc) is 2.20. The van der Waals surface area contributed by atoms with Crippen LogP contribution in [0.3, 0.4) is 0 Å². The molecular weight excluding hydrogens is 254 g/mol. The van der Waals surface area contributed by atoms with Gasteiger partial charge in [-0.3, -0.25) is 13.8 Å². The van der Waals surface area contributed by atoms with Gasteiger partial charge < -0.3 is 10.4 Å². The van der Waals surface area contributed by atoms with Gasteiger partial charge in [0.25, 0.3) is 0 Å². The van der Waals surface area contributed by atoms with Crippen molar-refractivity contribution in [2.75, 3.05) is 16.8 Å². The zero-order chi connectivity index (χ0) is 13.7. The first-order valence-electron chi connectivity index (χ1n) is 5.32. The molecule has 6 heteroatoms. The highest BCUT2D eigenvalue weighted by Gasteiger charge is 2.12. The number of carbonyl (C=O) groups excluding carboxylic acids is 1. The van der Waals surface area contributed by atoms with E-state index in [4.69, 9.17) is 5.11 Å². The lowest BCUT2D eigenvalue weighted by molar-refractivity contribution is -0.133. The number of aliphatic carboxylic acids is 1. The van der Waals surface area contributed by atoms with E-state index in [1.807, 2.05) is 26.0 Å². The molecule has 0 unspecified atom stereocenters. The maximum Gasteiger partial charge on any atom is 0.316 e. The molecule has 2 N–H and O–H groups in total. The zero-order valence-corrected chi connectivity index (χ0v) is 11.0. The summed E-state index contributed by atoms with van der Waals surface area (Å²) in [6.45, 7) is 3.80. The van der Waals surface area contributed by atoms with Crippen LogP contribution >= 0.6 is 0 Å². The van der Waals surface area contributed by atoms with Crippen molar-refractivity contribution in [1.82, 2.24) is 0 Å². The number of aryl methyl sites for hydroxylation is 2. The van der Waals surface area contributed by atoms with Gasteiger partial charge in [-0.15, -0.1) is 0 Å². The first-order valence-corrected chi connectivity index (χ1v) is 6.81. The van der Waals surface area contributed by atoms with Crippen LogP contribution in [0.15, 0.2) is 18.2 Å². The molecule has 0 aliphatic carbocycles. The number of carbonyl (C=O) groups is 2. The first kappa shape index (κ1) is 14.4. The Balaban J connectivity index is 2.59. The summed E-state index contributed by atoms with van der Waals surface area (Å²) in [5.41, 5.74) is 2.64. The molecule has 0 radical (unpaired) electrons. The quantitative estimate of drug-likeness (QED) is 0.837. The molecule has 1 amide bonds. The van der Waals surface area contributed by atoms with Crippen molar-refractivity contribution in [2.45, 2.75) is 13.8 Å². The molecule has 0 heterocycles. The molecule has 1 aromatic rings. The standard InChI is InChI=1S/C12H15NO4S/c1-8-3-4-10(9(2)5-8)13-11(14)6-18(17)7-12(15)16/h3-5H,6-7H2,1-2H3,(H,13,14)(H,15,16)/t18-/m1/s1. The molecule has 0 aliphatic heterocycles. The second-order valence-electron chi connectivity index (χ2n) is 3.99. The smallest absolute Gasteiger partial charge is 0.316 e. The Kier molecular flexibility index (Phi) is 5.03. The van der Waals surface area contributed by atoms with Crippen molar-refractivity contribution in [3.05, 3.63) is 29.3 Å². The van der Waals surface area contributed by atoms with Gasteiger partial charge in [-0.25, -0.2) is 0 Å². The zero-order valence-electron chi connectivity index (χ0n) is 10.2. The van der Waals surface area contributed by atoms with Crippen molar-refractivity contribution in [1.29, 1.82) is 0 Å². The Labute approximate surface area is 108 Å². The summed E-state index contributed by atoms with van der Waals surface area (Å²) < 4.78 is 11.3. The van der Waals surface area contributed by atoms with Crippen LogP contribution in [0.5, 0.6) is 0 Å². The Bertz CT molecular complexity index is 499. The Hall–Kier alpha value is -1.69. The first-order chi connectivity index (χ1) is 8.38. The lowest BCUT2D eigenvalue weighted by Gasteiger charge is -2.08. The minimum absolute atomic E-state index is 0.306. The second kappa shape index (κ2) is 6.30. The predicted octanol–water partition coefficient (Wildman–Crippen LogP) is 1.08. The third-order valence-corrected chi connectivity index (χ3v) is 3.39. The Morgan fingerprint density at radius 3 is 2.50 bits per heavy atom. The fraction of sp³-hybridized carbons (Fsp3) is 0.333. The maximum absolute atomic E-state index is 11.5. The third-order valence-electron chi connectivity index (χ3n) is 2.23. The molecule has 1 atom stereocenters. The van der Waals surface area contributed by atoms with Gasteiger partial charge in [0.2, 0.25) is 5.91 Å². The van der Waals surface area contributed by atoms with Crippen molar-refractivity contribution in [2.24, 2.45) is 0 Å². The van der Waals surface area contributed by atoms with E-state index in [0.717, 1.165) is 11.1 Å². The molecule has 18 heavy (non-hydrogen) atoms. The SMILES string of the molecule is Cc1ccc(NC(=O)C[S@@](=O)CC(=O)O)c(C)c1. The largest absolute Gasteiger partial charge is 0.481 e. The summed E-state index contributed by atoms with van der Waals surface area (Å²) in [4.78, 5) is 21.9. The number of carboxylic acid groups (broad SMARTS) is 1. The number of hydrogen-bond acceptors (Lipinski definition) is 3. The molecule has 0 saturated heterocycles. The number of hydrogen-bond donors (Lipinski definition) is 2. The highest BCUT2D eigenvalue weighted by atomic mass is 32.2. The van der Waals surface area contributed by atoms with E-state index < -0.39 is 28.4 Å². The summed E-state index contributed by atoms with van der Waals surface area (Å²) >= 11 is 0. The lowest BCUT2D eigenvalue weighted by atomic mass is 10.1. The van der Waals surface area contributed by atoms with E-state index in [-0.39, 0.29) is 5.75 Å². The van der Waals surface area contributed by atoms with E-state index in [9.17, 15) is 13.8 Å². The van der Waals surface area contributed by atoms with E-state index >= 15 is 0 Å². The van der Waals surface area contributed by atoms with Crippen LogP contribution in [-0.2, 0) is 20.4 Å². The fourth-order valence-corrected chi connectivity index (χ4v) is 2.22. The van der Waals surface area contributed by atoms with E-state index in [0.29, 0.717) is 5.69 Å². The van der Waals surface area contributed by atoms with E-state index in [1.54, 1.807) is 6.07 Å². The van der Waals surface area contributed by atoms with Crippen molar-refractivity contribution in [3.8, 4) is 0 Å². The fourth-order valence-electron chi connectivity index (χ4n) is 1.48. The van der Waals surface area contributed by atoms with Gasteiger partial charge in [-0.1, -0.05) is 17.7 Å². The van der Waals surface area contributed by atoms with Crippen LogP contribution in [-0.4, -0.2) is 32.7 Å². The molecule has 0 bridgehead atoms. The topological polar surface area (TPSA) is 83.5 Å². The molecule has 5 nitrogen and oxygen atoms in total. The van der Waals surface area contributed by atoms with E-state index in [1.165, 1.54) is 0 Å². The third kappa shape index (κ3) is 4.67. The average molecular weight is 269 g/mol. The van der Waals surface area contributed by atoms with Gasteiger partial charge in [0.15, 0.2) is 0 Å². The Morgan fingerprint density at radius 1 is 1.28 bits per heavy atom. The molecule has 0 aromatic heterocycles. The predicted molar refractivity (Wildman–Crippen MR) is 70.1 cm³/mol. The summed E-state index contributed by atoms with van der Waals surface area (Å²) in [6, 6.07) is 5.54. The summed E-state index contributed by atoms with van der Waals surface area (Å²) in [6.07, 6.45) is 0. The summed E-state index contributed by atoms with van der Waals surface area (Å²) in [5, 5.41) is 11.1. The number of nitrogens with one attached hydrogen (secondary N) is 1. The van der Waals surface area contributed by atoms with Gasteiger partial charge in [0.05, 0.1) is 0 Å². The highest BCUT2D eigenvalue weighted by molar-refractivity contribution is 7.86. The van der Waals surface area contributed by atoms with Gasteiger partial charge in [0.1, 0.15) is 11.5 Å². The molecule has 1 aromatic carbocycles. The molecule has 0 saturated carbocycles.